The summed E-state index contributed by atoms with van der Waals surface area (Å²) in [5.74, 6) is 0.689. The van der Waals surface area contributed by atoms with Crippen LogP contribution in [0.3, 0.4) is 0 Å². The lowest BCUT2D eigenvalue weighted by molar-refractivity contribution is -0.116. The lowest BCUT2D eigenvalue weighted by atomic mass is 10.1. The van der Waals surface area contributed by atoms with Crippen molar-refractivity contribution in [3.63, 3.8) is 0 Å². The first-order valence-corrected chi connectivity index (χ1v) is 10.2. The quantitative estimate of drug-likeness (QED) is 0.472. The van der Waals surface area contributed by atoms with Crippen molar-refractivity contribution in [2.45, 2.75) is 19.8 Å². The summed E-state index contributed by atoms with van der Waals surface area (Å²) >= 11 is 0. The Hall–Kier alpha value is -3.93. The van der Waals surface area contributed by atoms with Gasteiger partial charge in [0.25, 0.3) is 0 Å². The van der Waals surface area contributed by atoms with E-state index in [1.54, 1.807) is 11.8 Å². The number of anilines is 1. The molecular weight excluding hydrogens is 388 g/mol. The monoisotopic (exact) mass is 412 g/mol. The van der Waals surface area contributed by atoms with Crippen molar-refractivity contribution >= 4 is 11.6 Å². The summed E-state index contributed by atoms with van der Waals surface area (Å²) in [6.07, 6.45) is 1.15. The number of nitrogens with one attached hydrogen (secondary N) is 1. The van der Waals surface area contributed by atoms with Crippen molar-refractivity contribution in [3.8, 4) is 23.1 Å². The summed E-state index contributed by atoms with van der Waals surface area (Å²) in [5.41, 5.74) is 4.80. The smallest absolute Gasteiger partial charge is 0.336 e. The zero-order chi connectivity index (χ0) is 21.6. The Labute approximate surface area is 181 Å². The summed E-state index contributed by atoms with van der Waals surface area (Å²) in [6, 6.07) is 25.9. The Morgan fingerprint density at radius 3 is 2.39 bits per heavy atom. The highest BCUT2D eigenvalue weighted by molar-refractivity contribution is 5.90. The van der Waals surface area contributed by atoms with Crippen LogP contribution >= 0.6 is 0 Å². The number of methoxy groups -OCH3 is 1. The molecule has 0 unspecified atom stereocenters. The number of hydrogen-bond acceptors (Lipinski definition) is 4. The normalized spacial score (nSPS) is 10.6. The van der Waals surface area contributed by atoms with Gasteiger partial charge in [-0.15, -0.1) is 5.10 Å². The van der Waals surface area contributed by atoms with Gasteiger partial charge in [0.1, 0.15) is 0 Å². The van der Waals surface area contributed by atoms with Crippen LogP contribution < -0.4 is 10.1 Å². The highest BCUT2D eigenvalue weighted by Gasteiger charge is 2.15. The maximum Gasteiger partial charge on any atom is 0.336 e. The third kappa shape index (κ3) is 4.80. The SMILES string of the molecule is COc1nc(-c2ccccc2C)n(-c2ccc(NC(=O)CCc3ccccc3)cc2)n1. The molecule has 0 aliphatic heterocycles. The van der Waals surface area contributed by atoms with Gasteiger partial charge in [-0.2, -0.15) is 4.98 Å². The molecule has 3 aromatic carbocycles. The Morgan fingerprint density at radius 1 is 0.968 bits per heavy atom. The summed E-state index contributed by atoms with van der Waals surface area (Å²) in [6.45, 7) is 2.04. The molecule has 0 aliphatic carbocycles. The third-order valence-corrected chi connectivity index (χ3v) is 5.04. The topological polar surface area (TPSA) is 69.0 Å². The predicted molar refractivity (Wildman–Crippen MR) is 121 cm³/mol. The van der Waals surface area contributed by atoms with E-state index < -0.39 is 0 Å². The highest BCUT2D eigenvalue weighted by Crippen LogP contribution is 2.26. The van der Waals surface area contributed by atoms with E-state index in [1.807, 2.05) is 85.8 Å². The third-order valence-electron chi connectivity index (χ3n) is 5.04. The lowest BCUT2D eigenvalue weighted by Crippen LogP contribution is -2.12. The molecule has 1 amide bonds. The fourth-order valence-electron chi connectivity index (χ4n) is 3.37. The summed E-state index contributed by atoms with van der Waals surface area (Å²) in [5, 5.41) is 7.42. The number of carbonyl (C=O) groups excluding carboxylic acids is 1. The molecule has 1 heterocycles. The number of rotatable bonds is 7. The maximum atomic E-state index is 12.3. The van der Waals surface area contributed by atoms with Crippen molar-refractivity contribution in [3.05, 3.63) is 90.0 Å². The van der Waals surface area contributed by atoms with Gasteiger partial charge >= 0.3 is 6.01 Å². The minimum atomic E-state index is -0.0142. The van der Waals surface area contributed by atoms with Crippen LogP contribution in [0.5, 0.6) is 6.01 Å². The first-order valence-electron chi connectivity index (χ1n) is 10.2. The molecule has 0 saturated carbocycles. The van der Waals surface area contributed by atoms with Crippen LogP contribution in [0.1, 0.15) is 17.5 Å². The lowest BCUT2D eigenvalue weighted by Gasteiger charge is -2.09. The maximum absolute atomic E-state index is 12.3. The number of ether oxygens (including phenoxy) is 1. The van der Waals surface area contributed by atoms with E-state index in [-0.39, 0.29) is 5.91 Å². The molecule has 4 aromatic rings. The second-order valence-electron chi connectivity index (χ2n) is 7.23. The Balaban J connectivity index is 1.50. The van der Waals surface area contributed by atoms with Crippen molar-refractivity contribution in [2.24, 2.45) is 0 Å². The number of aromatic nitrogens is 3. The predicted octanol–water partition coefficient (Wildman–Crippen LogP) is 4.82. The number of amides is 1. The molecule has 31 heavy (non-hydrogen) atoms. The molecule has 0 atom stereocenters. The van der Waals surface area contributed by atoms with Crippen molar-refractivity contribution in [1.82, 2.24) is 14.8 Å². The number of carbonyl (C=O) groups is 1. The zero-order valence-electron chi connectivity index (χ0n) is 17.6. The van der Waals surface area contributed by atoms with Crippen LogP contribution in [0.15, 0.2) is 78.9 Å². The molecule has 6 nitrogen and oxygen atoms in total. The van der Waals surface area contributed by atoms with Gasteiger partial charge in [-0.05, 0) is 48.7 Å². The summed E-state index contributed by atoms with van der Waals surface area (Å²) in [4.78, 5) is 16.8. The van der Waals surface area contributed by atoms with Gasteiger partial charge in [0.2, 0.25) is 5.91 Å². The number of hydrogen-bond donors (Lipinski definition) is 1. The minimum absolute atomic E-state index is 0.0142. The molecular formula is C25H24N4O2. The number of nitrogens with zero attached hydrogens (tertiary/aromatic N) is 3. The van der Waals surface area contributed by atoms with Crippen molar-refractivity contribution in [1.29, 1.82) is 0 Å². The van der Waals surface area contributed by atoms with Gasteiger partial charge in [0.05, 0.1) is 12.8 Å². The van der Waals surface area contributed by atoms with Gasteiger partial charge in [-0.1, -0.05) is 54.6 Å². The largest absolute Gasteiger partial charge is 0.466 e. The number of aryl methyl sites for hydroxylation is 2. The highest BCUT2D eigenvalue weighted by atomic mass is 16.5. The van der Waals surface area contributed by atoms with Gasteiger partial charge in [0, 0.05) is 17.7 Å². The van der Waals surface area contributed by atoms with Gasteiger partial charge in [-0.3, -0.25) is 4.79 Å². The van der Waals surface area contributed by atoms with Crippen LogP contribution in [-0.4, -0.2) is 27.8 Å². The van der Waals surface area contributed by atoms with Crippen LogP contribution in [0.2, 0.25) is 0 Å². The molecule has 1 N–H and O–H groups in total. The minimum Gasteiger partial charge on any atom is -0.466 e. The van der Waals surface area contributed by atoms with E-state index in [2.05, 4.69) is 15.4 Å². The van der Waals surface area contributed by atoms with Gasteiger partial charge in [0.15, 0.2) is 5.82 Å². The fraction of sp³-hybridized carbons (Fsp3) is 0.160. The molecule has 0 fully saturated rings. The van der Waals surface area contributed by atoms with Crippen LogP contribution in [0, 0.1) is 6.92 Å². The summed E-state index contributed by atoms with van der Waals surface area (Å²) < 4.78 is 7.01. The molecule has 0 radical (unpaired) electrons. The van der Waals surface area contributed by atoms with Gasteiger partial charge < -0.3 is 10.1 Å². The van der Waals surface area contributed by atoms with Crippen LogP contribution in [-0.2, 0) is 11.2 Å². The molecule has 4 rings (SSSR count). The molecule has 0 saturated heterocycles. The molecule has 6 heteroatoms. The van der Waals surface area contributed by atoms with Gasteiger partial charge in [-0.25, -0.2) is 4.68 Å². The average Bonchev–Trinajstić information content (AvgIpc) is 3.23. The van der Waals surface area contributed by atoms with Crippen molar-refractivity contribution < 1.29 is 9.53 Å². The van der Waals surface area contributed by atoms with Crippen LogP contribution in [0.4, 0.5) is 5.69 Å². The Kier molecular flexibility index (Phi) is 6.08. The van der Waals surface area contributed by atoms with E-state index in [9.17, 15) is 4.79 Å². The standard InChI is InChI=1S/C25H24N4O2/c1-18-8-6-7-11-22(18)24-27-25(31-2)28-29(24)21-15-13-20(14-16-21)26-23(30)17-12-19-9-4-3-5-10-19/h3-11,13-16H,12,17H2,1-2H3,(H,26,30). The Bertz CT molecular complexity index is 1170. The second kappa shape index (κ2) is 9.26. The molecule has 1 aromatic heterocycles. The Morgan fingerprint density at radius 2 is 1.68 bits per heavy atom. The number of benzene rings is 3. The van der Waals surface area contributed by atoms with E-state index in [1.165, 1.54) is 0 Å². The fourth-order valence-corrected chi connectivity index (χ4v) is 3.37. The molecule has 0 aliphatic rings. The molecule has 156 valence electrons. The first-order chi connectivity index (χ1) is 15.1. The first kappa shape index (κ1) is 20.3. The summed E-state index contributed by atoms with van der Waals surface area (Å²) in [7, 11) is 1.55. The zero-order valence-corrected chi connectivity index (χ0v) is 17.6. The van der Waals surface area contributed by atoms with E-state index >= 15 is 0 Å². The van der Waals surface area contributed by atoms with Crippen molar-refractivity contribution in [2.75, 3.05) is 12.4 Å². The second-order valence-corrected chi connectivity index (χ2v) is 7.23. The van der Waals surface area contributed by atoms with Crippen LogP contribution in [0.25, 0.3) is 17.1 Å². The van der Waals surface area contributed by atoms with E-state index in [0.29, 0.717) is 24.7 Å². The van der Waals surface area contributed by atoms with E-state index in [0.717, 1.165) is 28.1 Å². The average molecular weight is 412 g/mol. The van der Waals surface area contributed by atoms with E-state index in [4.69, 9.17) is 4.74 Å². The molecule has 0 bridgehead atoms. The molecule has 0 spiro atoms.